The summed E-state index contributed by atoms with van der Waals surface area (Å²) in [7, 11) is 0. The van der Waals surface area contributed by atoms with Gasteiger partial charge in [0.2, 0.25) is 0 Å². The molecule has 0 aliphatic heterocycles. The molecule has 1 saturated carbocycles. The molecule has 2 N–H and O–H groups in total. The summed E-state index contributed by atoms with van der Waals surface area (Å²) in [5.74, 6) is -1.41. The molecule has 1 aliphatic rings. The molecule has 2 aromatic heterocycles. The number of pyridine rings is 1. The van der Waals surface area contributed by atoms with Crippen molar-refractivity contribution in [3.63, 3.8) is 0 Å². The number of nitrogens with zero attached hydrogens (tertiary/aromatic N) is 3. The zero-order valence-corrected chi connectivity index (χ0v) is 18.0. The number of nitrogens with one attached hydrogen (secondary N) is 1. The summed E-state index contributed by atoms with van der Waals surface area (Å²) < 4.78 is 1.63. The Labute approximate surface area is 189 Å². The molecular weight excluding hydrogens is 439 g/mol. The number of carboxylic acids is 1. The van der Waals surface area contributed by atoms with Gasteiger partial charge in [-0.25, -0.2) is 4.68 Å². The minimum Gasteiger partial charge on any atom is -0.481 e. The number of hydrogen-bond donors (Lipinski definition) is 2. The minimum atomic E-state index is -0.772. The van der Waals surface area contributed by atoms with Gasteiger partial charge in [-0.1, -0.05) is 23.2 Å². The van der Waals surface area contributed by atoms with Crippen molar-refractivity contribution in [2.24, 2.45) is 5.92 Å². The maximum atomic E-state index is 12.9. The average molecular weight is 459 g/mol. The highest BCUT2D eigenvalue weighted by Crippen LogP contribution is 2.29. The molecule has 3 aromatic rings. The van der Waals surface area contributed by atoms with E-state index in [-0.39, 0.29) is 23.6 Å². The Bertz CT molecular complexity index is 1110. The predicted molar refractivity (Wildman–Crippen MR) is 118 cm³/mol. The van der Waals surface area contributed by atoms with E-state index >= 15 is 0 Å². The van der Waals surface area contributed by atoms with Gasteiger partial charge in [-0.2, -0.15) is 5.10 Å². The average Bonchev–Trinajstić information content (AvgIpc) is 3.22. The van der Waals surface area contributed by atoms with Crippen LogP contribution in [0.1, 0.15) is 36.2 Å². The molecule has 0 unspecified atom stereocenters. The summed E-state index contributed by atoms with van der Waals surface area (Å²) in [5, 5.41) is 17.5. The molecule has 0 atom stereocenters. The molecule has 1 fully saturated rings. The van der Waals surface area contributed by atoms with Crippen LogP contribution in [0.3, 0.4) is 0 Å². The van der Waals surface area contributed by atoms with Gasteiger partial charge in [0.25, 0.3) is 5.91 Å². The van der Waals surface area contributed by atoms with E-state index in [0.717, 1.165) is 5.56 Å². The number of benzene rings is 1. The third-order valence-corrected chi connectivity index (χ3v) is 6.20. The quantitative estimate of drug-likeness (QED) is 0.581. The third-order valence-electron chi connectivity index (χ3n) is 5.46. The largest absolute Gasteiger partial charge is 0.481 e. The normalized spacial score (nSPS) is 18.5. The maximum absolute atomic E-state index is 12.9. The highest BCUT2D eigenvalue weighted by atomic mass is 35.5. The lowest BCUT2D eigenvalue weighted by Crippen LogP contribution is -2.38. The summed E-state index contributed by atoms with van der Waals surface area (Å²) in [5.41, 5.74) is 2.40. The summed E-state index contributed by atoms with van der Waals surface area (Å²) in [6, 6.07) is 10.5. The van der Waals surface area contributed by atoms with Crippen LogP contribution in [0.5, 0.6) is 0 Å². The molecule has 160 valence electrons. The smallest absolute Gasteiger partial charge is 0.306 e. The Morgan fingerprint density at radius 1 is 1.06 bits per heavy atom. The Morgan fingerprint density at radius 3 is 2.48 bits per heavy atom. The van der Waals surface area contributed by atoms with Gasteiger partial charge in [-0.3, -0.25) is 14.6 Å². The molecule has 1 amide bonds. The minimum absolute atomic E-state index is 0.0694. The Morgan fingerprint density at radius 2 is 1.84 bits per heavy atom. The predicted octanol–water partition coefficient (Wildman–Crippen LogP) is 4.61. The van der Waals surface area contributed by atoms with Crippen molar-refractivity contribution in [3.8, 4) is 16.9 Å². The molecule has 1 aromatic carbocycles. The first-order valence-electron chi connectivity index (χ1n) is 9.92. The van der Waals surface area contributed by atoms with Gasteiger partial charge in [0, 0.05) is 24.0 Å². The maximum Gasteiger partial charge on any atom is 0.306 e. The first-order valence-corrected chi connectivity index (χ1v) is 10.7. The number of aliphatic carboxylic acids is 1. The van der Waals surface area contributed by atoms with E-state index in [0.29, 0.717) is 47.1 Å². The number of carboxylic acid groups (broad SMARTS) is 1. The van der Waals surface area contributed by atoms with Gasteiger partial charge >= 0.3 is 5.97 Å². The van der Waals surface area contributed by atoms with Crippen molar-refractivity contribution in [1.82, 2.24) is 20.1 Å². The van der Waals surface area contributed by atoms with Gasteiger partial charge in [-0.15, -0.1) is 0 Å². The van der Waals surface area contributed by atoms with Crippen molar-refractivity contribution < 1.29 is 14.7 Å². The Balaban J connectivity index is 1.61. The van der Waals surface area contributed by atoms with Crippen LogP contribution in [0, 0.1) is 5.92 Å². The molecule has 9 heteroatoms. The van der Waals surface area contributed by atoms with Gasteiger partial charge < -0.3 is 10.4 Å². The second kappa shape index (κ2) is 9.08. The van der Waals surface area contributed by atoms with E-state index in [1.165, 1.54) is 0 Å². The molecule has 4 rings (SSSR count). The van der Waals surface area contributed by atoms with E-state index < -0.39 is 5.97 Å². The molecule has 0 bridgehead atoms. The first kappa shape index (κ1) is 21.3. The number of halogens is 2. The summed E-state index contributed by atoms with van der Waals surface area (Å²) >= 11 is 12.2. The number of amides is 1. The number of rotatable bonds is 5. The molecule has 1 aliphatic carbocycles. The van der Waals surface area contributed by atoms with Gasteiger partial charge in [0.05, 0.1) is 27.3 Å². The van der Waals surface area contributed by atoms with Crippen molar-refractivity contribution in [2.45, 2.75) is 31.7 Å². The van der Waals surface area contributed by atoms with Crippen LogP contribution < -0.4 is 5.32 Å². The van der Waals surface area contributed by atoms with Crippen LogP contribution >= 0.6 is 23.2 Å². The highest BCUT2D eigenvalue weighted by Gasteiger charge is 2.27. The fourth-order valence-corrected chi connectivity index (χ4v) is 4.06. The van der Waals surface area contributed by atoms with Crippen LogP contribution in [0.4, 0.5) is 0 Å². The zero-order valence-electron chi connectivity index (χ0n) is 16.5. The molecule has 2 heterocycles. The van der Waals surface area contributed by atoms with Crippen LogP contribution in [-0.4, -0.2) is 37.8 Å². The number of carbonyl (C=O) groups excluding carboxylic acids is 1. The number of hydrogen-bond acceptors (Lipinski definition) is 4. The summed E-state index contributed by atoms with van der Waals surface area (Å²) in [4.78, 5) is 28.2. The molecule has 0 saturated heterocycles. The topological polar surface area (TPSA) is 97.1 Å². The zero-order chi connectivity index (χ0) is 22.0. The summed E-state index contributed by atoms with van der Waals surface area (Å²) in [6.07, 6.45) is 5.74. The highest BCUT2D eigenvalue weighted by molar-refractivity contribution is 6.42. The number of aromatic nitrogens is 3. The molecular formula is C22H20Cl2N4O3. The molecule has 7 nitrogen and oxygen atoms in total. The Hall–Kier alpha value is -2.90. The van der Waals surface area contributed by atoms with Gasteiger partial charge in [0.15, 0.2) is 5.69 Å². The lowest BCUT2D eigenvalue weighted by atomic mass is 9.86. The van der Waals surface area contributed by atoms with Crippen molar-refractivity contribution in [3.05, 3.63) is 64.5 Å². The third kappa shape index (κ3) is 4.73. The second-order valence-corrected chi connectivity index (χ2v) is 8.34. The standard InChI is InChI=1S/C22H20Cl2N4O3/c23-17-8-7-16(10-18(17)24)28-20(14-2-1-9-25-12-14)11-19(27-28)21(29)26-15-5-3-13(4-6-15)22(30)31/h1-2,7-13,15H,3-6H2,(H,26,29)(H,30,31)/t13-,15+. The van der Waals surface area contributed by atoms with Crippen LogP contribution in [0.2, 0.25) is 10.0 Å². The van der Waals surface area contributed by atoms with Crippen molar-refractivity contribution >= 4 is 35.1 Å². The van der Waals surface area contributed by atoms with Crippen LogP contribution in [-0.2, 0) is 4.79 Å². The van der Waals surface area contributed by atoms with Crippen molar-refractivity contribution in [1.29, 1.82) is 0 Å². The van der Waals surface area contributed by atoms with E-state index in [1.54, 1.807) is 41.3 Å². The van der Waals surface area contributed by atoms with E-state index in [9.17, 15) is 9.59 Å². The fraction of sp³-hybridized carbons (Fsp3) is 0.273. The second-order valence-electron chi connectivity index (χ2n) is 7.53. The lowest BCUT2D eigenvalue weighted by molar-refractivity contribution is -0.142. The van der Waals surface area contributed by atoms with Gasteiger partial charge in [-0.05, 0) is 62.1 Å². The van der Waals surface area contributed by atoms with E-state index in [1.807, 2.05) is 12.1 Å². The Kier molecular flexibility index (Phi) is 6.25. The molecule has 0 spiro atoms. The van der Waals surface area contributed by atoms with Crippen LogP contribution in [0.15, 0.2) is 48.8 Å². The van der Waals surface area contributed by atoms with Gasteiger partial charge in [0.1, 0.15) is 0 Å². The number of carbonyl (C=O) groups is 2. The van der Waals surface area contributed by atoms with E-state index in [2.05, 4.69) is 15.4 Å². The van der Waals surface area contributed by atoms with E-state index in [4.69, 9.17) is 28.3 Å². The summed E-state index contributed by atoms with van der Waals surface area (Å²) in [6.45, 7) is 0. The monoisotopic (exact) mass is 458 g/mol. The SMILES string of the molecule is O=C(N[C@H]1CC[C@@H](C(=O)O)CC1)c1cc(-c2cccnc2)n(-c2ccc(Cl)c(Cl)c2)n1. The molecule has 0 radical (unpaired) electrons. The van der Waals surface area contributed by atoms with Crippen LogP contribution in [0.25, 0.3) is 16.9 Å². The first-order chi connectivity index (χ1) is 14.9. The van der Waals surface area contributed by atoms with Crippen molar-refractivity contribution in [2.75, 3.05) is 0 Å². The lowest BCUT2D eigenvalue weighted by Gasteiger charge is -2.26. The molecule has 31 heavy (non-hydrogen) atoms. The fourth-order valence-electron chi connectivity index (χ4n) is 3.77.